The van der Waals surface area contributed by atoms with Crippen LogP contribution in [-0.2, 0) is 0 Å². The molecule has 1 unspecified atom stereocenters. The van der Waals surface area contributed by atoms with Gasteiger partial charge in [-0.15, -0.1) is 11.6 Å². The lowest BCUT2D eigenvalue weighted by Crippen LogP contribution is -2.28. The molecule has 1 aromatic rings. The molecular weight excluding hydrogens is 302 g/mol. The molecule has 0 aliphatic heterocycles. The van der Waals surface area contributed by atoms with Gasteiger partial charge in [-0.25, -0.2) is 0 Å². The number of amides is 1. The van der Waals surface area contributed by atoms with Crippen LogP contribution in [0.3, 0.4) is 0 Å². The number of hydrogen-bond donors (Lipinski definition) is 1. The number of aryl methyl sites for hydroxylation is 1. The van der Waals surface area contributed by atoms with Gasteiger partial charge in [-0.3, -0.25) is 4.79 Å². The van der Waals surface area contributed by atoms with Gasteiger partial charge in [0.05, 0.1) is 5.56 Å². The molecule has 0 aromatic heterocycles. The van der Waals surface area contributed by atoms with E-state index in [-0.39, 0.29) is 5.91 Å². The largest absolute Gasteiger partial charge is 0.352 e. The van der Waals surface area contributed by atoms with Crippen LogP contribution in [0.2, 0.25) is 0 Å². The van der Waals surface area contributed by atoms with Crippen LogP contribution in [0, 0.1) is 12.8 Å². The van der Waals surface area contributed by atoms with Gasteiger partial charge < -0.3 is 5.32 Å². The van der Waals surface area contributed by atoms with Crippen LogP contribution in [0.1, 0.15) is 29.3 Å². The molecule has 1 aromatic carbocycles. The number of benzene rings is 1. The van der Waals surface area contributed by atoms with Gasteiger partial charge in [0.25, 0.3) is 5.91 Å². The smallest absolute Gasteiger partial charge is 0.252 e. The number of carbonyl (C=O) groups excluding carboxylic acids is 1. The Bertz CT molecular complexity index is 395. The number of halogens is 2. The van der Waals surface area contributed by atoms with Crippen LogP contribution in [0.15, 0.2) is 22.7 Å². The highest BCUT2D eigenvalue weighted by Gasteiger charge is 2.11. The Morgan fingerprint density at radius 2 is 2.24 bits per heavy atom. The summed E-state index contributed by atoms with van der Waals surface area (Å²) in [6.45, 7) is 4.71. The fraction of sp³-hybridized carbons (Fsp3) is 0.462. The Morgan fingerprint density at radius 1 is 1.53 bits per heavy atom. The first-order chi connectivity index (χ1) is 8.06. The second kappa shape index (κ2) is 7.02. The van der Waals surface area contributed by atoms with Crippen LogP contribution in [-0.4, -0.2) is 18.3 Å². The van der Waals surface area contributed by atoms with E-state index in [1.807, 2.05) is 25.1 Å². The van der Waals surface area contributed by atoms with Gasteiger partial charge in [0.15, 0.2) is 0 Å². The number of nitrogens with one attached hydrogen (secondary N) is 1. The molecule has 0 saturated carbocycles. The maximum Gasteiger partial charge on any atom is 0.252 e. The first-order valence-corrected chi connectivity index (χ1v) is 6.98. The third-order valence-corrected chi connectivity index (χ3v) is 3.92. The van der Waals surface area contributed by atoms with Crippen molar-refractivity contribution in [3.8, 4) is 0 Å². The van der Waals surface area contributed by atoms with E-state index in [1.165, 1.54) is 0 Å². The van der Waals surface area contributed by atoms with Crippen LogP contribution in [0.25, 0.3) is 0 Å². The molecule has 1 rings (SSSR count). The van der Waals surface area contributed by atoms with Crippen molar-refractivity contribution >= 4 is 33.4 Å². The molecule has 0 spiro atoms. The highest BCUT2D eigenvalue weighted by atomic mass is 79.9. The summed E-state index contributed by atoms with van der Waals surface area (Å²) in [6.07, 6.45) is 0.914. The highest BCUT2D eigenvalue weighted by Crippen LogP contribution is 2.20. The van der Waals surface area contributed by atoms with Crippen LogP contribution < -0.4 is 5.32 Å². The Labute approximate surface area is 116 Å². The molecule has 0 radical (unpaired) electrons. The SMILES string of the molecule is Cc1cccc(C(=O)NCC(C)CCCl)c1Br. The minimum atomic E-state index is -0.0398. The predicted octanol–water partition coefficient (Wildman–Crippen LogP) is 3.75. The molecule has 1 N–H and O–H groups in total. The number of alkyl halides is 1. The summed E-state index contributed by atoms with van der Waals surface area (Å²) in [4.78, 5) is 12.0. The summed E-state index contributed by atoms with van der Waals surface area (Å²) < 4.78 is 0.863. The quantitative estimate of drug-likeness (QED) is 0.823. The zero-order valence-corrected chi connectivity index (χ0v) is 12.4. The molecule has 0 bridgehead atoms. The summed E-state index contributed by atoms with van der Waals surface area (Å²) in [5.74, 6) is 0.993. The summed E-state index contributed by atoms with van der Waals surface area (Å²) in [5, 5.41) is 2.92. The van der Waals surface area contributed by atoms with Crippen molar-refractivity contribution in [1.29, 1.82) is 0 Å². The van der Waals surface area contributed by atoms with Gasteiger partial charge in [-0.1, -0.05) is 19.1 Å². The predicted molar refractivity (Wildman–Crippen MR) is 75.7 cm³/mol. The van der Waals surface area contributed by atoms with E-state index in [4.69, 9.17) is 11.6 Å². The molecule has 0 fully saturated rings. The molecule has 1 amide bonds. The van der Waals surface area contributed by atoms with Crippen molar-refractivity contribution in [2.24, 2.45) is 5.92 Å². The van der Waals surface area contributed by atoms with E-state index >= 15 is 0 Å². The van der Waals surface area contributed by atoms with Crippen molar-refractivity contribution in [2.75, 3.05) is 12.4 Å². The maximum absolute atomic E-state index is 12.0. The zero-order valence-electron chi connectivity index (χ0n) is 10.1. The zero-order chi connectivity index (χ0) is 12.8. The lowest BCUT2D eigenvalue weighted by Gasteiger charge is -2.12. The number of carbonyl (C=O) groups is 1. The first kappa shape index (κ1) is 14.5. The second-order valence-corrected chi connectivity index (χ2v) is 5.40. The van der Waals surface area contributed by atoms with Gasteiger partial charge in [-0.05, 0) is 46.8 Å². The van der Waals surface area contributed by atoms with Gasteiger partial charge in [0.2, 0.25) is 0 Å². The number of rotatable bonds is 5. The minimum Gasteiger partial charge on any atom is -0.352 e. The average Bonchev–Trinajstić information content (AvgIpc) is 2.30. The van der Waals surface area contributed by atoms with E-state index in [0.29, 0.717) is 23.9 Å². The normalized spacial score (nSPS) is 12.2. The van der Waals surface area contributed by atoms with Gasteiger partial charge in [0, 0.05) is 16.9 Å². The Morgan fingerprint density at radius 3 is 2.88 bits per heavy atom. The number of hydrogen-bond acceptors (Lipinski definition) is 1. The third kappa shape index (κ3) is 4.32. The highest BCUT2D eigenvalue weighted by molar-refractivity contribution is 9.10. The minimum absolute atomic E-state index is 0.0398. The second-order valence-electron chi connectivity index (χ2n) is 4.23. The third-order valence-electron chi connectivity index (χ3n) is 2.65. The van der Waals surface area contributed by atoms with E-state index < -0.39 is 0 Å². The van der Waals surface area contributed by atoms with Crippen molar-refractivity contribution in [3.63, 3.8) is 0 Å². The van der Waals surface area contributed by atoms with Gasteiger partial charge in [0.1, 0.15) is 0 Å². The van der Waals surface area contributed by atoms with Gasteiger partial charge in [-0.2, -0.15) is 0 Å². The van der Waals surface area contributed by atoms with E-state index in [0.717, 1.165) is 16.5 Å². The summed E-state index contributed by atoms with van der Waals surface area (Å²) >= 11 is 9.09. The molecule has 0 saturated heterocycles. The fourth-order valence-corrected chi connectivity index (χ4v) is 2.29. The molecule has 1 atom stereocenters. The average molecular weight is 319 g/mol. The molecule has 17 heavy (non-hydrogen) atoms. The van der Waals surface area contributed by atoms with Crippen LogP contribution >= 0.6 is 27.5 Å². The fourth-order valence-electron chi connectivity index (χ4n) is 1.47. The van der Waals surface area contributed by atoms with E-state index in [1.54, 1.807) is 0 Å². The molecule has 2 nitrogen and oxygen atoms in total. The standard InChI is InChI=1S/C13H17BrClNO/c1-9(6-7-15)8-16-13(17)11-5-3-4-10(2)12(11)14/h3-5,9H,6-8H2,1-2H3,(H,16,17). The lowest BCUT2D eigenvalue weighted by atomic mass is 10.1. The topological polar surface area (TPSA) is 29.1 Å². The monoisotopic (exact) mass is 317 g/mol. The molecule has 0 heterocycles. The maximum atomic E-state index is 12.0. The van der Waals surface area contributed by atoms with Crippen LogP contribution in [0.4, 0.5) is 0 Å². The molecule has 94 valence electrons. The summed E-state index contributed by atoms with van der Waals surface area (Å²) in [7, 11) is 0. The lowest BCUT2D eigenvalue weighted by molar-refractivity contribution is 0.0947. The summed E-state index contributed by atoms with van der Waals surface area (Å²) in [5.41, 5.74) is 1.74. The van der Waals surface area contributed by atoms with E-state index in [2.05, 4.69) is 28.2 Å². The van der Waals surface area contributed by atoms with Crippen molar-refractivity contribution in [1.82, 2.24) is 5.32 Å². The Balaban J connectivity index is 2.61. The molecule has 0 aliphatic carbocycles. The van der Waals surface area contributed by atoms with Crippen molar-refractivity contribution < 1.29 is 4.79 Å². The van der Waals surface area contributed by atoms with Gasteiger partial charge >= 0.3 is 0 Å². The van der Waals surface area contributed by atoms with Crippen molar-refractivity contribution in [3.05, 3.63) is 33.8 Å². The van der Waals surface area contributed by atoms with Crippen molar-refractivity contribution in [2.45, 2.75) is 20.3 Å². The Kier molecular flexibility index (Phi) is 6.00. The molecular formula is C13H17BrClNO. The molecule has 4 heteroatoms. The Hall–Kier alpha value is -0.540. The molecule has 0 aliphatic rings. The first-order valence-electron chi connectivity index (χ1n) is 5.65. The summed E-state index contributed by atoms with van der Waals surface area (Å²) in [6, 6.07) is 5.67. The van der Waals surface area contributed by atoms with E-state index in [9.17, 15) is 4.79 Å². The van der Waals surface area contributed by atoms with Crippen LogP contribution in [0.5, 0.6) is 0 Å².